The summed E-state index contributed by atoms with van der Waals surface area (Å²) < 4.78 is 1.23. The van der Waals surface area contributed by atoms with Crippen molar-refractivity contribution < 1.29 is 0 Å². The average molecular weight is 399 g/mol. The summed E-state index contributed by atoms with van der Waals surface area (Å²) in [5.41, 5.74) is 1.12. The van der Waals surface area contributed by atoms with Crippen LogP contribution in [0.2, 0.25) is 5.02 Å². The third-order valence-corrected chi connectivity index (χ3v) is 6.19. The fraction of sp³-hybridized carbons (Fsp3) is 0.0952. The molecule has 130 valence electrons. The molecule has 2 nitrogen and oxygen atoms in total. The second kappa shape index (κ2) is 7.36. The quantitative estimate of drug-likeness (QED) is 0.279. The van der Waals surface area contributed by atoms with E-state index in [-0.39, 0.29) is 0 Å². The molecule has 5 heteroatoms. The van der Waals surface area contributed by atoms with Gasteiger partial charge in [0.15, 0.2) is 4.33 Å². The number of halogens is 2. The van der Waals surface area contributed by atoms with Crippen molar-refractivity contribution in [3.05, 3.63) is 96.0 Å². The molecule has 26 heavy (non-hydrogen) atoms. The number of alkyl halides is 1. The Labute approximate surface area is 166 Å². The van der Waals surface area contributed by atoms with Crippen LogP contribution in [0.25, 0.3) is 10.8 Å². The van der Waals surface area contributed by atoms with E-state index in [9.17, 15) is 0 Å². The van der Waals surface area contributed by atoms with Gasteiger partial charge in [-0.05, 0) is 40.6 Å². The standard InChI is InChI=1S/C21H16Cl2N2S/c22-19-8-5-16(6-9-19)14-21(23,25-12-11-24-15-25)26-20-10-7-17-3-1-2-4-18(17)13-20/h1-13,15H,14H2. The second-order valence-electron chi connectivity index (χ2n) is 6.07. The van der Waals surface area contributed by atoms with Gasteiger partial charge in [-0.1, -0.05) is 77.4 Å². The van der Waals surface area contributed by atoms with Crippen LogP contribution >= 0.6 is 35.0 Å². The Bertz CT molecular complexity index is 1020. The van der Waals surface area contributed by atoms with E-state index in [2.05, 4.69) is 35.3 Å². The van der Waals surface area contributed by atoms with E-state index in [4.69, 9.17) is 23.2 Å². The largest absolute Gasteiger partial charge is 0.308 e. The van der Waals surface area contributed by atoms with E-state index in [1.54, 1.807) is 24.3 Å². The predicted molar refractivity (Wildman–Crippen MR) is 111 cm³/mol. The zero-order valence-corrected chi connectivity index (χ0v) is 16.2. The summed E-state index contributed by atoms with van der Waals surface area (Å²) in [5, 5.41) is 3.14. The Morgan fingerprint density at radius 3 is 2.46 bits per heavy atom. The van der Waals surface area contributed by atoms with Crippen LogP contribution in [-0.4, -0.2) is 9.55 Å². The highest BCUT2D eigenvalue weighted by molar-refractivity contribution is 8.01. The predicted octanol–water partition coefficient (Wildman–Crippen LogP) is 6.57. The van der Waals surface area contributed by atoms with Gasteiger partial charge in [0.25, 0.3) is 0 Å². The highest BCUT2D eigenvalue weighted by Crippen LogP contribution is 2.44. The van der Waals surface area contributed by atoms with Crippen LogP contribution in [0.1, 0.15) is 5.56 Å². The topological polar surface area (TPSA) is 17.8 Å². The van der Waals surface area contributed by atoms with Gasteiger partial charge in [0.2, 0.25) is 0 Å². The number of nitrogens with zero attached hydrogens (tertiary/aromatic N) is 2. The van der Waals surface area contributed by atoms with Gasteiger partial charge in [-0.25, -0.2) is 4.98 Å². The van der Waals surface area contributed by atoms with E-state index in [0.717, 1.165) is 15.5 Å². The molecule has 0 amide bonds. The molecule has 0 spiro atoms. The first-order chi connectivity index (χ1) is 12.6. The molecule has 0 fully saturated rings. The molecule has 0 bridgehead atoms. The maximum absolute atomic E-state index is 7.12. The lowest BCUT2D eigenvalue weighted by Crippen LogP contribution is -2.25. The van der Waals surface area contributed by atoms with E-state index < -0.39 is 4.33 Å². The molecule has 1 atom stereocenters. The molecule has 1 unspecified atom stereocenters. The normalized spacial score (nSPS) is 13.6. The molecule has 0 aliphatic rings. The minimum Gasteiger partial charge on any atom is -0.308 e. The summed E-state index contributed by atoms with van der Waals surface area (Å²) in [6.07, 6.45) is 6.05. The van der Waals surface area contributed by atoms with Gasteiger partial charge in [-0.3, -0.25) is 0 Å². The highest BCUT2D eigenvalue weighted by Gasteiger charge is 2.31. The van der Waals surface area contributed by atoms with Crippen molar-refractivity contribution in [2.24, 2.45) is 0 Å². The maximum Gasteiger partial charge on any atom is 0.175 e. The molecular formula is C21H16Cl2N2S. The van der Waals surface area contributed by atoms with Crippen molar-refractivity contribution in [1.29, 1.82) is 0 Å². The lowest BCUT2D eigenvalue weighted by atomic mass is 10.1. The summed E-state index contributed by atoms with van der Waals surface area (Å²) in [7, 11) is 0. The lowest BCUT2D eigenvalue weighted by Gasteiger charge is -2.28. The third-order valence-electron chi connectivity index (χ3n) is 4.22. The van der Waals surface area contributed by atoms with Gasteiger partial charge in [0.05, 0.1) is 6.33 Å². The van der Waals surface area contributed by atoms with Gasteiger partial charge >= 0.3 is 0 Å². The van der Waals surface area contributed by atoms with Crippen LogP contribution in [0.15, 0.2) is 90.3 Å². The smallest absolute Gasteiger partial charge is 0.175 e. The summed E-state index contributed by atoms with van der Waals surface area (Å²) >= 11 is 14.8. The first-order valence-corrected chi connectivity index (χ1v) is 9.79. The first kappa shape index (κ1) is 17.5. The van der Waals surface area contributed by atoms with Crippen molar-refractivity contribution >= 4 is 45.7 Å². The molecular weight excluding hydrogens is 383 g/mol. The minimum atomic E-state index is -0.715. The van der Waals surface area contributed by atoms with Crippen molar-refractivity contribution in [3.8, 4) is 0 Å². The molecule has 1 heterocycles. The number of rotatable bonds is 5. The number of thioether (sulfide) groups is 1. The van der Waals surface area contributed by atoms with Crippen LogP contribution in [0, 0.1) is 0 Å². The molecule has 0 saturated heterocycles. The number of aromatic nitrogens is 2. The molecule has 0 aliphatic carbocycles. The molecule has 4 aromatic rings. The van der Waals surface area contributed by atoms with Crippen LogP contribution in [0.4, 0.5) is 0 Å². The molecule has 1 aromatic heterocycles. The Kier molecular flexibility index (Phi) is 4.94. The minimum absolute atomic E-state index is 0.638. The molecule has 3 aromatic carbocycles. The SMILES string of the molecule is Clc1ccc(CC(Cl)(Sc2ccc3ccccc3c2)n2ccnc2)cc1. The molecule has 4 rings (SSSR count). The highest BCUT2D eigenvalue weighted by atomic mass is 35.5. The van der Waals surface area contributed by atoms with Gasteiger partial charge < -0.3 is 4.57 Å². The fourth-order valence-electron chi connectivity index (χ4n) is 2.90. The number of benzene rings is 3. The molecule has 0 saturated carbocycles. The van der Waals surface area contributed by atoms with E-state index in [1.807, 2.05) is 47.2 Å². The number of imidazole rings is 1. The van der Waals surface area contributed by atoms with Crippen molar-refractivity contribution in [2.45, 2.75) is 15.6 Å². The van der Waals surface area contributed by atoms with Gasteiger partial charge in [0.1, 0.15) is 0 Å². The summed E-state index contributed by atoms with van der Waals surface area (Å²) in [4.78, 5) is 5.29. The number of fused-ring (bicyclic) bond motifs is 1. The molecule has 0 radical (unpaired) electrons. The monoisotopic (exact) mass is 398 g/mol. The fourth-order valence-corrected chi connectivity index (χ4v) is 4.69. The van der Waals surface area contributed by atoms with Crippen molar-refractivity contribution in [3.63, 3.8) is 0 Å². The van der Waals surface area contributed by atoms with E-state index >= 15 is 0 Å². The van der Waals surface area contributed by atoms with Crippen LogP contribution in [0.5, 0.6) is 0 Å². The van der Waals surface area contributed by atoms with Crippen LogP contribution in [0.3, 0.4) is 0 Å². The van der Waals surface area contributed by atoms with Crippen molar-refractivity contribution in [1.82, 2.24) is 9.55 Å². The Morgan fingerprint density at radius 2 is 1.73 bits per heavy atom. The first-order valence-electron chi connectivity index (χ1n) is 8.22. The Hall–Kier alpha value is -1.94. The van der Waals surface area contributed by atoms with Crippen LogP contribution in [-0.2, 0) is 10.8 Å². The second-order valence-corrected chi connectivity index (χ2v) is 8.71. The third kappa shape index (κ3) is 3.75. The molecule has 0 N–H and O–H groups in total. The van der Waals surface area contributed by atoms with E-state index in [1.165, 1.54) is 10.8 Å². The van der Waals surface area contributed by atoms with E-state index in [0.29, 0.717) is 6.42 Å². The van der Waals surface area contributed by atoms with Gasteiger partial charge in [-0.2, -0.15) is 0 Å². The Morgan fingerprint density at radius 1 is 0.962 bits per heavy atom. The summed E-state index contributed by atoms with van der Waals surface area (Å²) in [6, 6.07) is 22.6. The number of hydrogen-bond donors (Lipinski definition) is 0. The summed E-state index contributed by atoms with van der Waals surface area (Å²) in [6.45, 7) is 0. The average Bonchev–Trinajstić information content (AvgIpc) is 3.19. The zero-order chi connectivity index (χ0) is 18.0. The van der Waals surface area contributed by atoms with Gasteiger partial charge in [0, 0.05) is 28.7 Å². The van der Waals surface area contributed by atoms with Crippen LogP contribution < -0.4 is 0 Å². The zero-order valence-electron chi connectivity index (χ0n) is 13.8. The van der Waals surface area contributed by atoms with Gasteiger partial charge in [-0.15, -0.1) is 0 Å². The van der Waals surface area contributed by atoms with Crippen molar-refractivity contribution in [2.75, 3.05) is 0 Å². The lowest BCUT2D eigenvalue weighted by molar-refractivity contribution is 0.605. The molecule has 0 aliphatic heterocycles. The summed E-state index contributed by atoms with van der Waals surface area (Å²) in [5.74, 6) is 0. The number of hydrogen-bond acceptors (Lipinski definition) is 2. The maximum atomic E-state index is 7.12. The Balaban J connectivity index is 1.69.